The van der Waals surface area contributed by atoms with Crippen LogP contribution in [0.15, 0.2) is 48.5 Å². The fraction of sp³-hybridized carbons (Fsp3) is 0.125. The molecule has 0 radical (unpaired) electrons. The Balaban J connectivity index is 2.17. The minimum Gasteiger partial charge on any atom is -0.378 e. The van der Waals surface area contributed by atoms with E-state index in [1.165, 1.54) is 20.4 Å². The molecule has 0 aromatic heterocycles. The molecule has 18 heavy (non-hydrogen) atoms. The molecule has 0 unspecified atom stereocenters. The summed E-state index contributed by atoms with van der Waals surface area (Å²) < 4.78 is 1.27. The third-order valence-electron chi connectivity index (χ3n) is 2.77. The highest BCUT2D eigenvalue weighted by molar-refractivity contribution is 14.1. The van der Waals surface area contributed by atoms with E-state index < -0.39 is 0 Å². The van der Waals surface area contributed by atoms with E-state index in [9.17, 15) is 0 Å². The zero-order valence-corrected chi connectivity index (χ0v) is 12.8. The van der Waals surface area contributed by atoms with E-state index in [2.05, 4.69) is 102 Å². The quantitative estimate of drug-likeness (QED) is 0.581. The highest BCUT2D eigenvalue weighted by Crippen LogP contribution is 2.17. The molecule has 0 heterocycles. The maximum absolute atomic E-state index is 2.36. The van der Waals surface area contributed by atoms with Gasteiger partial charge >= 0.3 is 0 Å². The lowest BCUT2D eigenvalue weighted by Crippen LogP contribution is -2.07. The van der Waals surface area contributed by atoms with Crippen LogP contribution in [-0.4, -0.2) is 14.1 Å². The molecule has 0 aliphatic heterocycles. The zero-order chi connectivity index (χ0) is 13.0. The Hall–Kier alpha value is -1.29. The minimum atomic E-state index is 1.22. The predicted octanol–water partition coefficient (Wildman–Crippen LogP) is 4.53. The lowest BCUT2D eigenvalue weighted by molar-refractivity contribution is 1.13. The van der Waals surface area contributed by atoms with Crippen LogP contribution in [-0.2, 0) is 0 Å². The van der Waals surface area contributed by atoms with Crippen LogP contribution >= 0.6 is 22.6 Å². The molecule has 0 spiro atoms. The SMILES string of the molecule is CN(C)c1ccc(C=Cc2ccccc2I)cc1. The normalized spacial score (nSPS) is 10.8. The molecule has 0 N–H and O–H groups in total. The number of hydrogen-bond donors (Lipinski definition) is 0. The van der Waals surface area contributed by atoms with Crippen LogP contribution in [0.5, 0.6) is 0 Å². The summed E-state index contributed by atoms with van der Waals surface area (Å²) in [5.41, 5.74) is 3.71. The van der Waals surface area contributed by atoms with Gasteiger partial charge in [0, 0.05) is 23.4 Å². The van der Waals surface area contributed by atoms with Crippen molar-refractivity contribution in [3.05, 3.63) is 63.2 Å². The third-order valence-corrected chi connectivity index (χ3v) is 3.75. The number of anilines is 1. The second-order valence-electron chi connectivity index (χ2n) is 4.34. The van der Waals surface area contributed by atoms with E-state index in [-0.39, 0.29) is 0 Å². The molecule has 2 aromatic rings. The van der Waals surface area contributed by atoms with Gasteiger partial charge in [0.2, 0.25) is 0 Å². The summed E-state index contributed by atoms with van der Waals surface area (Å²) in [6, 6.07) is 16.9. The van der Waals surface area contributed by atoms with Gasteiger partial charge in [-0.15, -0.1) is 0 Å². The molecule has 0 atom stereocenters. The molecule has 0 aliphatic rings. The molecule has 0 fully saturated rings. The fourth-order valence-electron chi connectivity index (χ4n) is 1.68. The van der Waals surface area contributed by atoms with Crippen molar-refractivity contribution in [3.8, 4) is 0 Å². The zero-order valence-electron chi connectivity index (χ0n) is 10.6. The van der Waals surface area contributed by atoms with Gasteiger partial charge in [-0.1, -0.05) is 42.5 Å². The first-order valence-electron chi connectivity index (χ1n) is 5.87. The third kappa shape index (κ3) is 3.35. The second kappa shape index (κ2) is 6.05. The van der Waals surface area contributed by atoms with E-state index in [4.69, 9.17) is 0 Å². The average Bonchev–Trinajstić information content (AvgIpc) is 2.38. The van der Waals surface area contributed by atoms with Gasteiger partial charge in [0.1, 0.15) is 0 Å². The van der Waals surface area contributed by atoms with Crippen molar-refractivity contribution >= 4 is 40.4 Å². The van der Waals surface area contributed by atoms with Gasteiger partial charge in [-0.3, -0.25) is 0 Å². The fourth-order valence-corrected chi connectivity index (χ4v) is 2.25. The van der Waals surface area contributed by atoms with Crippen molar-refractivity contribution in [2.45, 2.75) is 0 Å². The van der Waals surface area contributed by atoms with Gasteiger partial charge in [-0.05, 0) is 51.9 Å². The second-order valence-corrected chi connectivity index (χ2v) is 5.50. The molecular formula is C16H16IN. The molecular weight excluding hydrogens is 333 g/mol. The smallest absolute Gasteiger partial charge is 0.0361 e. The van der Waals surface area contributed by atoms with Crippen molar-refractivity contribution in [2.24, 2.45) is 0 Å². The molecule has 0 saturated heterocycles. The Bertz CT molecular complexity index is 541. The van der Waals surface area contributed by atoms with Crippen molar-refractivity contribution in [1.82, 2.24) is 0 Å². The summed E-state index contributed by atoms with van der Waals surface area (Å²) in [7, 11) is 4.11. The summed E-state index contributed by atoms with van der Waals surface area (Å²) >= 11 is 2.36. The number of halogens is 1. The Morgan fingerprint density at radius 3 is 2.17 bits per heavy atom. The van der Waals surface area contributed by atoms with Crippen molar-refractivity contribution < 1.29 is 0 Å². The molecule has 0 aliphatic carbocycles. The van der Waals surface area contributed by atoms with Crippen molar-refractivity contribution in [2.75, 3.05) is 19.0 Å². The van der Waals surface area contributed by atoms with Gasteiger partial charge in [-0.2, -0.15) is 0 Å². The van der Waals surface area contributed by atoms with E-state index in [0.717, 1.165) is 0 Å². The minimum absolute atomic E-state index is 1.22. The van der Waals surface area contributed by atoms with Gasteiger partial charge < -0.3 is 4.90 Å². The summed E-state index contributed by atoms with van der Waals surface area (Å²) in [5, 5.41) is 0. The molecule has 2 heteroatoms. The van der Waals surface area contributed by atoms with Crippen LogP contribution in [0.1, 0.15) is 11.1 Å². The lowest BCUT2D eigenvalue weighted by atomic mass is 10.1. The molecule has 1 nitrogen and oxygen atoms in total. The Morgan fingerprint density at radius 2 is 1.56 bits per heavy atom. The first kappa shape index (κ1) is 13.1. The predicted molar refractivity (Wildman–Crippen MR) is 88.9 cm³/mol. The van der Waals surface area contributed by atoms with Gasteiger partial charge in [0.15, 0.2) is 0 Å². The highest BCUT2D eigenvalue weighted by atomic mass is 127. The Morgan fingerprint density at radius 1 is 0.889 bits per heavy atom. The molecule has 0 amide bonds. The maximum atomic E-state index is 2.36. The van der Waals surface area contributed by atoms with Crippen LogP contribution in [0.25, 0.3) is 12.2 Å². The number of hydrogen-bond acceptors (Lipinski definition) is 1. The van der Waals surface area contributed by atoms with Crippen LogP contribution < -0.4 is 4.90 Å². The maximum Gasteiger partial charge on any atom is 0.0361 e. The van der Waals surface area contributed by atoms with Crippen molar-refractivity contribution in [1.29, 1.82) is 0 Å². The van der Waals surface area contributed by atoms with E-state index in [0.29, 0.717) is 0 Å². The summed E-state index contributed by atoms with van der Waals surface area (Å²) in [4.78, 5) is 2.10. The Kier molecular flexibility index (Phi) is 4.42. The standard InChI is InChI=1S/C16H16IN/c1-18(2)15-11-8-13(9-12-15)7-10-14-5-3-4-6-16(14)17/h3-12H,1-2H3. The highest BCUT2D eigenvalue weighted by Gasteiger charge is 1.95. The van der Waals surface area contributed by atoms with Gasteiger partial charge in [0.25, 0.3) is 0 Å². The molecule has 0 saturated carbocycles. The van der Waals surface area contributed by atoms with Gasteiger partial charge in [0.05, 0.1) is 0 Å². The molecule has 2 rings (SSSR count). The first-order chi connectivity index (χ1) is 8.66. The van der Waals surface area contributed by atoms with E-state index in [1.54, 1.807) is 0 Å². The van der Waals surface area contributed by atoms with Crippen molar-refractivity contribution in [3.63, 3.8) is 0 Å². The van der Waals surface area contributed by atoms with Crippen LogP contribution in [0.2, 0.25) is 0 Å². The monoisotopic (exact) mass is 349 g/mol. The number of nitrogens with zero attached hydrogens (tertiary/aromatic N) is 1. The summed E-state index contributed by atoms with van der Waals surface area (Å²) in [5.74, 6) is 0. The van der Waals surface area contributed by atoms with Crippen LogP contribution in [0, 0.1) is 3.57 Å². The van der Waals surface area contributed by atoms with E-state index in [1.807, 2.05) is 0 Å². The topological polar surface area (TPSA) is 3.24 Å². The average molecular weight is 349 g/mol. The number of benzene rings is 2. The first-order valence-corrected chi connectivity index (χ1v) is 6.95. The lowest BCUT2D eigenvalue weighted by Gasteiger charge is -2.11. The molecule has 2 aromatic carbocycles. The van der Waals surface area contributed by atoms with Crippen LogP contribution in [0.4, 0.5) is 5.69 Å². The summed E-state index contributed by atoms with van der Waals surface area (Å²) in [6.07, 6.45) is 4.31. The number of rotatable bonds is 3. The van der Waals surface area contributed by atoms with Gasteiger partial charge in [-0.25, -0.2) is 0 Å². The van der Waals surface area contributed by atoms with E-state index >= 15 is 0 Å². The molecule has 0 bridgehead atoms. The Labute approximate surface area is 122 Å². The van der Waals surface area contributed by atoms with Crippen LogP contribution in [0.3, 0.4) is 0 Å². The largest absolute Gasteiger partial charge is 0.378 e. The summed E-state index contributed by atoms with van der Waals surface area (Å²) in [6.45, 7) is 0. The molecule has 92 valence electrons.